The first-order chi connectivity index (χ1) is 10.7. The molecule has 2 heterocycles. The fourth-order valence-corrected chi connectivity index (χ4v) is 5.92. The minimum Gasteiger partial charge on any atom is -0.455 e. The van der Waals surface area contributed by atoms with E-state index in [1.165, 1.54) is 6.42 Å². The Kier molecular flexibility index (Phi) is 3.26. The van der Waals surface area contributed by atoms with Crippen LogP contribution in [-0.4, -0.2) is 54.9 Å². The molecule has 2 saturated heterocycles. The quantitative estimate of drug-likeness (QED) is 0.455. The highest BCUT2D eigenvalue weighted by atomic mass is 16.7. The number of nitrogens with zero attached hydrogens (tertiary/aromatic N) is 1. The molecule has 1 spiro atoms. The lowest BCUT2D eigenvalue weighted by molar-refractivity contribution is -0.891. The largest absolute Gasteiger partial charge is 0.455 e. The fourth-order valence-electron chi connectivity index (χ4n) is 5.92. The molecule has 4 rings (SSSR count). The van der Waals surface area contributed by atoms with Gasteiger partial charge in [0.1, 0.15) is 17.6 Å². The van der Waals surface area contributed by atoms with Crippen LogP contribution in [0.3, 0.4) is 0 Å². The molecule has 130 valence electrons. The molecule has 4 fully saturated rings. The van der Waals surface area contributed by atoms with Crippen LogP contribution in [0.25, 0.3) is 0 Å². The first kappa shape index (κ1) is 15.9. The van der Waals surface area contributed by atoms with Crippen LogP contribution in [0.1, 0.15) is 46.5 Å². The van der Waals surface area contributed by atoms with Crippen LogP contribution in [0.5, 0.6) is 0 Å². The van der Waals surface area contributed by atoms with Gasteiger partial charge >= 0.3 is 5.97 Å². The lowest BCUT2D eigenvalue weighted by Crippen LogP contribution is -2.59. The summed E-state index contributed by atoms with van der Waals surface area (Å²) in [5.41, 5.74) is -0.351. The van der Waals surface area contributed by atoms with Gasteiger partial charge in [-0.25, -0.2) is 0 Å². The maximum Gasteiger partial charge on any atom is 0.315 e. The molecule has 7 atom stereocenters. The molecule has 1 unspecified atom stereocenters. The van der Waals surface area contributed by atoms with Crippen molar-refractivity contribution in [3.05, 3.63) is 0 Å². The average Bonchev–Trinajstić information content (AvgIpc) is 3.11. The van der Waals surface area contributed by atoms with Crippen molar-refractivity contribution in [1.82, 2.24) is 0 Å². The molecule has 2 aliphatic carbocycles. The van der Waals surface area contributed by atoms with E-state index in [0.29, 0.717) is 17.8 Å². The Morgan fingerprint density at radius 2 is 1.96 bits per heavy atom. The van der Waals surface area contributed by atoms with Crippen molar-refractivity contribution in [3.63, 3.8) is 0 Å². The molecule has 4 nitrogen and oxygen atoms in total. The highest BCUT2D eigenvalue weighted by molar-refractivity contribution is 5.77. The molecule has 0 bridgehead atoms. The number of ether oxygens (including phenoxy) is 2. The predicted molar refractivity (Wildman–Crippen MR) is 87.7 cm³/mol. The SMILES string of the molecule is CC[N+](C)(C)CC1C(=O)O[C@@]23[C@H]1CC[C@@H](C)[C@@H]2CC[C@@]1(C)O[C@@H]31. The van der Waals surface area contributed by atoms with Crippen LogP contribution in [0, 0.1) is 23.7 Å². The van der Waals surface area contributed by atoms with Crippen LogP contribution in [0.2, 0.25) is 0 Å². The molecule has 0 aromatic heterocycles. The number of hydrogen-bond acceptors (Lipinski definition) is 3. The molecule has 2 saturated carbocycles. The van der Waals surface area contributed by atoms with E-state index in [0.717, 1.165) is 36.8 Å². The second kappa shape index (κ2) is 4.72. The number of carbonyl (C=O) groups is 1. The highest BCUT2D eigenvalue weighted by Crippen LogP contribution is 2.66. The number of fused-ring (bicyclic) bond motifs is 1. The number of carbonyl (C=O) groups excluding carboxylic acids is 1. The minimum absolute atomic E-state index is 0.0316. The number of rotatable bonds is 3. The highest BCUT2D eigenvalue weighted by Gasteiger charge is 2.77. The second-order valence-electron chi connectivity index (χ2n) is 9.43. The van der Waals surface area contributed by atoms with Gasteiger partial charge < -0.3 is 14.0 Å². The van der Waals surface area contributed by atoms with Crippen LogP contribution < -0.4 is 0 Å². The Hall–Kier alpha value is -0.610. The normalized spacial score (nSPS) is 51.5. The standard InChI is InChI=1S/C19H32NO3/c1-6-20(4,5)11-13-15-8-7-12(2)14-9-10-18(3)17(23-18)19(14,15)22-16(13)21/h12-15,17H,6-11H2,1-5H3/q+1/t12-,13?,14+,15+,17-,18-,19-/m1/s1. The van der Waals surface area contributed by atoms with Crippen molar-refractivity contribution in [3.8, 4) is 0 Å². The molecule has 23 heavy (non-hydrogen) atoms. The van der Waals surface area contributed by atoms with Crippen molar-refractivity contribution in [2.75, 3.05) is 27.2 Å². The molecule has 0 aromatic rings. The van der Waals surface area contributed by atoms with Crippen LogP contribution >= 0.6 is 0 Å². The van der Waals surface area contributed by atoms with Gasteiger partial charge in [-0.15, -0.1) is 0 Å². The number of hydrogen-bond donors (Lipinski definition) is 0. The van der Waals surface area contributed by atoms with Gasteiger partial charge in [-0.3, -0.25) is 4.79 Å². The Balaban J connectivity index is 1.70. The third kappa shape index (κ3) is 2.07. The van der Waals surface area contributed by atoms with Crippen molar-refractivity contribution in [1.29, 1.82) is 0 Å². The van der Waals surface area contributed by atoms with E-state index >= 15 is 0 Å². The molecule has 0 radical (unpaired) electrons. The molecule has 4 aliphatic rings. The second-order valence-corrected chi connectivity index (χ2v) is 9.43. The van der Waals surface area contributed by atoms with Gasteiger partial charge in [0.05, 0.1) is 32.8 Å². The summed E-state index contributed by atoms with van der Waals surface area (Å²) >= 11 is 0. The van der Waals surface area contributed by atoms with E-state index in [2.05, 4.69) is 34.9 Å². The lowest BCUT2D eigenvalue weighted by atomic mass is 9.55. The Labute approximate surface area is 140 Å². The zero-order valence-electron chi connectivity index (χ0n) is 15.3. The van der Waals surface area contributed by atoms with Crippen molar-refractivity contribution >= 4 is 5.97 Å². The first-order valence-corrected chi connectivity index (χ1v) is 9.46. The fraction of sp³-hybridized carbons (Fsp3) is 0.947. The summed E-state index contributed by atoms with van der Waals surface area (Å²) < 4.78 is 13.3. The minimum atomic E-state index is -0.319. The molecule has 0 amide bonds. The van der Waals surface area contributed by atoms with E-state index in [-0.39, 0.29) is 29.2 Å². The summed E-state index contributed by atoms with van der Waals surface area (Å²) in [6.07, 6.45) is 4.77. The maximum atomic E-state index is 12.9. The van der Waals surface area contributed by atoms with E-state index in [9.17, 15) is 4.79 Å². The first-order valence-electron chi connectivity index (χ1n) is 9.46. The van der Waals surface area contributed by atoms with E-state index < -0.39 is 0 Å². The molecule has 0 aromatic carbocycles. The average molecular weight is 322 g/mol. The summed E-state index contributed by atoms with van der Waals surface area (Å²) in [7, 11) is 4.44. The van der Waals surface area contributed by atoms with Gasteiger partial charge in [0.15, 0.2) is 0 Å². The van der Waals surface area contributed by atoms with Gasteiger partial charge in [0.25, 0.3) is 0 Å². The third-order valence-corrected chi connectivity index (χ3v) is 7.64. The van der Waals surface area contributed by atoms with Gasteiger partial charge in [-0.2, -0.15) is 0 Å². The van der Waals surface area contributed by atoms with Gasteiger partial charge in [-0.1, -0.05) is 6.92 Å². The summed E-state index contributed by atoms with van der Waals surface area (Å²) in [4.78, 5) is 12.9. The van der Waals surface area contributed by atoms with Gasteiger partial charge in [0.2, 0.25) is 0 Å². The van der Waals surface area contributed by atoms with Crippen molar-refractivity contribution < 1.29 is 18.8 Å². The van der Waals surface area contributed by atoms with E-state index in [4.69, 9.17) is 9.47 Å². The molecule has 2 aliphatic heterocycles. The number of quaternary nitrogens is 1. The molecular weight excluding hydrogens is 290 g/mol. The summed E-state index contributed by atoms with van der Waals surface area (Å²) in [6, 6.07) is 0. The number of epoxide rings is 1. The van der Waals surface area contributed by atoms with Crippen molar-refractivity contribution in [2.45, 2.75) is 63.8 Å². The van der Waals surface area contributed by atoms with Gasteiger partial charge in [0, 0.05) is 11.8 Å². The van der Waals surface area contributed by atoms with E-state index in [1.807, 2.05) is 0 Å². The summed E-state index contributed by atoms with van der Waals surface area (Å²) in [5.74, 6) is 1.58. The van der Waals surface area contributed by atoms with Crippen molar-refractivity contribution in [2.24, 2.45) is 23.7 Å². The monoisotopic (exact) mass is 322 g/mol. The molecular formula is C19H32NO3+. The molecule has 4 heteroatoms. The van der Waals surface area contributed by atoms with Crippen LogP contribution in [0.4, 0.5) is 0 Å². The zero-order valence-corrected chi connectivity index (χ0v) is 15.3. The number of esters is 1. The van der Waals surface area contributed by atoms with Crippen LogP contribution in [-0.2, 0) is 14.3 Å². The topological polar surface area (TPSA) is 38.8 Å². The predicted octanol–water partition coefficient (Wildman–Crippen LogP) is 2.61. The van der Waals surface area contributed by atoms with Crippen LogP contribution in [0.15, 0.2) is 0 Å². The Morgan fingerprint density at radius 3 is 2.65 bits per heavy atom. The summed E-state index contributed by atoms with van der Waals surface area (Å²) in [6.45, 7) is 8.70. The molecule has 0 N–H and O–H groups in total. The van der Waals surface area contributed by atoms with E-state index in [1.54, 1.807) is 0 Å². The lowest BCUT2D eigenvalue weighted by Gasteiger charge is -2.50. The Morgan fingerprint density at radius 1 is 1.22 bits per heavy atom. The van der Waals surface area contributed by atoms with Gasteiger partial charge in [-0.05, 0) is 45.4 Å². The smallest absolute Gasteiger partial charge is 0.315 e. The maximum absolute atomic E-state index is 12.9. The third-order valence-electron chi connectivity index (χ3n) is 7.64. The zero-order chi connectivity index (χ0) is 16.6. The Bertz CT molecular complexity index is 533. The summed E-state index contributed by atoms with van der Waals surface area (Å²) in [5, 5.41) is 0.